The fraction of sp³-hybridized carbons (Fsp3) is 0.500. The molecule has 0 aliphatic carbocycles. The van der Waals surface area contributed by atoms with Crippen molar-refractivity contribution in [3.63, 3.8) is 0 Å². The van der Waals surface area contributed by atoms with Gasteiger partial charge >= 0.3 is 0 Å². The zero-order valence-electron chi connectivity index (χ0n) is 10.3. The predicted molar refractivity (Wildman–Crippen MR) is 69.2 cm³/mol. The van der Waals surface area contributed by atoms with Crippen molar-refractivity contribution < 1.29 is 9.66 Å². The molecule has 0 saturated carbocycles. The highest BCUT2D eigenvalue weighted by Crippen LogP contribution is 2.30. The lowest BCUT2D eigenvalue weighted by Gasteiger charge is -2.13. The van der Waals surface area contributed by atoms with E-state index in [2.05, 4.69) is 10.6 Å². The van der Waals surface area contributed by atoms with Crippen LogP contribution in [0.2, 0.25) is 0 Å². The van der Waals surface area contributed by atoms with Crippen LogP contribution < -0.4 is 15.4 Å². The number of nitro benzene ring substituents is 1. The molecule has 1 aliphatic rings. The lowest BCUT2D eigenvalue weighted by molar-refractivity contribution is -0.384. The molecule has 98 valence electrons. The smallest absolute Gasteiger partial charge is 0.296 e. The summed E-state index contributed by atoms with van der Waals surface area (Å²) < 4.78 is 5.28. The van der Waals surface area contributed by atoms with Gasteiger partial charge in [-0.25, -0.2) is 0 Å². The van der Waals surface area contributed by atoms with Crippen molar-refractivity contribution in [3.8, 4) is 5.75 Å². The van der Waals surface area contributed by atoms with Crippen LogP contribution in [0.5, 0.6) is 5.75 Å². The van der Waals surface area contributed by atoms with Gasteiger partial charge < -0.3 is 15.4 Å². The molecule has 1 aromatic carbocycles. The first-order valence-electron chi connectivity index (χ1n) is 6.09. The van der Waals surface area contributed by atoms with Crippen molar-refractivity contribution in [2.75, 3.05) is 25.0 Å². The van der Waals surface area contributed by atoms with Crippen LogP contribution in [0.3, 0.4) is 0 Å². The average molecular weight is 251 g/mol. The second-order valence-electron chi connectivity index (χ2n) is 4.20. The largest absolute Gasteiger partial charge is 0.494 e. The van der Waals surface area contributed by atoms with E-state index in [-0.39, 0.29) is 16.7 Å². The molecule has 18 heavy (non-hydrogen) atoms. The summed E-state index contributed by atoms with van der Waals surface area (Å²) in [5.74, 6) is 0.527. The molecule has 2 N–H and O–H groups in total. The van der Waals surface area contributed by atoms with E-state index in [1.54, 1.807) is 12.1 Å². The Labute approximate surface area is 105 Å². The molecule has 1 aromatic rings. The molecule has 1 unspecified atom stereocenters. The van der Waals surface area contributed by atoms with E-state index >= 15 is 0 Å². The van der Waals surface area contributed by atoms with Gasteiger partial charge in [0.25, 0.3) is 5.69 Å². The second kappa shape index (κ2) is 5.68. The van der Waals surface area contributed by atoms with Crippen molar-refractivity contribution in [2.45, 2.75) is 19.4 Å². The van der Waals surface area contributed by atoms with Crippen LogP contribution in [0, 0.1) is 10.1 Å². The number of hydrogen-bond acceptors (Lipinski definition) is 5. The first-order chi connectivity index (χ1) is 8.70. The van der Waals surface area contributed by atoms with Crippen molar-refractivity contribution in [3.05, 3.63) is 28.3 Å². The molecule has 0 spiro atoms. The summed E-state index contributed by atoms with van der Waals surface area (Å²) in [6, 6.07) is 5.18. The summed E-state index contributed by atoms with van der Waals surface area (Å²) >= 11 is 0. The summed E-state index contributed by atoms with van der Waals surface area (Å²) in [4.78, 5) is 10.7. The van der Waals surface area contributed by atoms with Crippen LogP contribution in [-0.4, -0.2) is 30.7 Å². The fourth-order valence-electron chi connectivity index (χ4n) is 2.04. The minimum absolute atomic E-state index is 0.0628. The lowest BCUT2D eigenvalue weighted by atomic mass is 10.2. The molecule has 1 atom stereocenters. The molecular formula is C12H17N3O3. The SMILES string of the molecule is CCOc1ccc(NC2CCNC2)c([N+](=O)[O-])c1. The maximum atomic E-state index is 11.0. The molecule has 1 aliphatic heterocycles. The summed E-state index contributed by atoms with van der Waals surface area (Å²) in [5.41, 5.74) is 0.616. The van der Waals surface area contributed by atoms with E-state index in [0.29, 0.717) is 18.0 Å². The third-order valence-electron chi connectivity index (χ3n) is 2.90. The van der Waals surface area contributed by atoms with Crippen LogP contribution in [0.25, 0.3) is 0 Å². The van der Waals surface area contributed by atoms with Gasteiger partial charge in [0, 0.05) is 12.6 Å². The van der Waals surface area contributed by atoms with Gasteiger partial charge in [0.05, 0.1) is 17.6 Å². The van der Waals surface area contributed by atoms with Gasteiger partial charge in [-0.15, -0.1) is 0 Å². The molecule has 6 nitrogen and oxygen atoms in total. The molecule has 1 heterocycles. The second-order valence-corrected chi connectivity index (χ2v) is 4.20. The van der Waals surface area contributed by atoms with Gasteiger partial charge in [-0.2, -0.15) is 0 Å². The van der Waals surface area contributed by atoms with Gasteiger partial charge in [0.15, 0.2) is 0 Å². The number of hydrogen-bond donors (Lipinski definition) is 2. The van der Waals surface area contributed by atoms with Crippen LogP contribution in [0.1, 0.15) is 13.3 Å². The third-order valence-corrected chi connectivity index (χ3v) is 2.90. The van der Waals surface area contributed by atoms with E-state index in [1.807, 2.05) is 6.92 Å². The Balaban J connectivity index is 2.19. The highest BCUT2D eigenvalue weighted by Gasteiger charge is 2.20. The molecule has 1 saturated heterocycles. The molecule has 1 fully saturated rings. The molecular weight excluding hydrogens is 234 g/mol. The van der Waals surface area contributed by atoms with E-state index in [4.69, 9.17) is 4.74 Å². The van der Waals surface area contributed by atoms with Crippen molar-refractivity contribution >= 4 is 11.4 Å². The number of nitro groups is 1. The number of anilines is 1. The van der Waals surface area contributed by atoms with E-state index in [1.165, 1.54) is 6.07 Å². The highest BCUT2D eigenvalue weighted by molar-refractivity contribution is 5.64. The van der Waals surface area contributed by atoms with Gasteiger partial charge in [0.1, 0.15) is 11.4 Å². The molecule has 2 rings (SSSR count). The van der Waals surface area contributed by atoms with Crippen molar-refractivity contribution in [1.82, 2.24) is 5.32 Å². The number of nitrogens with one attached hydrogen (secondary N) is 2. The lowest BCUT2D eigenvalue weighted by Crippen LogP contribution is -2.22. The number of rotatable bonds is 5. The maximum absolute atomic E-state index is 11.0. The zero-order valence-corrected chi connectivity index (χ0v) is 10.3. The Bertz CT molecular complexity index is 431. The summed E-state index contributed by atoms with van der Waals surface area (Å²) in [6.45, 7) is 4.13. The Morgan fingerprint density at radius 2 is 2.44 bits per heavy atom. The standard InChI is InChI=1S/C12H17N3O3/c1-2-18-10-3-4-11(12(7-10)15(16)17)14-9-5-6-13-8-9/h3-4,7,9,13-14H,2,5-6,8H2,1H3. The van der Waals surface area contributed by atoms with Gasteiger partial charge in [-0.05, 0) is 32.0 Å². The number of ether oxygens (including phenoxy) is 1. The average Bonchev–Trinajstić information content (AvgIpc) is 2.84. The van der Waals surface area contributed by atoms with E-state index in [0.717, 1.165) is 19.5 Å². The minimum atomic E-state index is -0.382. The molecule has 0 aromatic heterocycles. The molecule has 0 bridgehead atoms. The zero-order chi connectivity index (χ0) is 13.0. The Kier molecular flexibility index (Phi) is 3.99. The van der Waals surface area contributed by atoms with Crippen LogP contribution in [0.15, 0.2) is 18.2 Å². The molecule has 0 radical (unpaired) electrons. The number of nitrogens with zero attached hydrogens (tertiary/aromatic N) is 1. The first-order valence-corrected chi connectivity index (χ1v) is 6.09. The Morgan fingerprint density at radius 3 is 3.06 bits per heavy atom. The van der Waals surface area contributed by atoms with E-state index in [9.17, 15) is 10.1 Å². The van der Waals surface area contributed by atoms with E-state index < -0.39 is 0 Å². The summed E-state index contributed by atoms with van der Waals surface area (Å²) in [6.07, 6.45) is 0.977. The van der Waals surface area contributed by atoms with Gasteiger partial charge in [-0.3, -0.25) is 10.1 Å². The predicted octanol–water partition coefficient (Wildman–Crippen LogP) is 1.77. The normalized spacial score (nSPS) is 18.6. The third kappa shape index (κ3) is 2.89. The highest BCUT2D eigenvalue weighted by atomic mass is 16.6. The Morgan fingerprint density at radius 1 is 1.61 bits per heavy atom. The van der Waals surface area contributed by atoms with Crippen LogP contribution >= 0.6 is 0 Å². The fourth-order valence-corrected chi connectivity index (χ4v) is 2.04. The first kappa shape index (κ1) is 12.6. The van der Waals surface area contributed by atoms with Crippen molar-refractivity contribution in [2.24, 2.45) is 0 Å². The summed E-state index contributed by atoms with van der Waals surface area (Å²) in [5, 5.41) is 17.5. The monoisotopic (exact) mass is 251 g/mol. The van der Waals surface area contributed by atoms with Gasteiger partial charge in [0.2, 0.25) is 0 Å². The van der Waals surface area contributed by atoms with Gasteiger partial charge in [-0.1, -0.05) is 0 Å². The quantitative estimate of drug-likeness (QED) is 0.616. The summed E-state index contributed by atoms with van der Waals surface area (Å²) in [7, 11) is 0. The molecule has 6 heteroatoms. The Hall–Kier alpha value is -1.82. The molecule has 0 amide bonds. The van der Waals surface area contributed by atoms with Crippen molar-refractivity contribution in [1.29, 1.82) is 0 Å². The maximum Gasteiger partial charge on any atom is 0.296 e. The topological polar surface area (TPSA) is 76.4 Å². The number of benzene rings is 1. The minimum Gasteiger partial charge on any atom is -0.494 e. The van der Waals surface area contributed by atoms with Crippen LogP contribution in [0.4, 0.5) is 11.4 Å². The van der Waals surface area contributed by atoms with Crippen LogP contribution in [-0.2, 0) is 0 Å².